The molecule has 0 aromatic heterocycles. The molecule has 0 amide bonds. The van der Waals surface area contributed by atoms with Crippen LogP contribution in [0.2, 0.25) is 0 Å². The Bertz CT molecular complexity index is 46.9. The zero-order valence-electron chi connectivity index (χ0n) is 3.01. The van der Waals surface area contributed by atoms with Gasteiger partial charge in [-0.2, -0.15) is 11.4 Å². The second kappa shape index (κ2) is 4.31. The van der Waals surface area contributed by atoms with Crippen molar-refractivity contribution < 1.29 is 0 Å². The summed E-state index contributed by atoms with van der Waals surface area (Å²) in [6.45, 7) is 1.98. The number of thiocarbonyl (C=S) groups is 1. The molecular formula is C3H6S2. The third kappa shape index (κ3) is 4.31. The molecule has 0 atom stereocenters. The zero-order valence-corrected chi connectivity index (χ0v) is 4.72. The maximum Gasteiger partial charge on any atom is 0.0256 e. The molecule has 0 aliphatic rings. The average Bonchev–Trinajstić information content (AvgIpc) is 1.41. The lowest BCUT2D eigenvalue weighted by Gasteiger charge is -1.56. The van der Waals surface area contributed by atoms with E-state index in [2.05, 4.69) is 12.2 Å². The fourth-order valence-electron chi connectivity index (χ4n) is 0.0609. The van der Waals surface area contributed by atoms with Gasteiger partial charge in [-0.3, -0.25) is 0 Å². The van der Waals surface area contributed by atoms with Gasteiger partial charge in [-0.25, -0.2) is 0 Å². The summed E-state index contributed by atoms with van der Waals surface area (Å²) < 4.78 is 1.68. The van der Waals surface area contributed by atoms with Crippen LogP contribution in [-0.4, -0.2) is 10.1 Å². The highest BCUT2D eigenvalue weighted by molar-refractivity contribution is 8.19. The molecule has 0 saturated heterocycles. The molecule has 0 saturated carbocycles. The van der Waals surface area contributed by atoms with Crippen molar-refractivity contribution in [2.24, 2.45) is 0 Å². The normalized spacial score (nSPS) is 10.6. The second-order valence-electron chi connectivity index (χ2n) is 0.513. The molecule has 0 aromatic rings. The molecule has 5 heavy (non-hydrogen) atoms. The van der Waals surface area contributed by atoms with Crippen LogP contribution in [0.5, 0.6) is 0 Å². The summed E-state index contributed by atoms with van der Waals surface area (Å²) in [5, 5.41) is 1.99. The summed E-state index contributed by atoms with van der Waals surface area (Å²) in [6.07, 6.45) is 0. The second-order valence-corrected chi connectivity index (χ2v) is 2.17. The van der Waals surface area contributed by atoms with Gasteiger partial charge in [0, 0.05) is 4.70 Å². The van der Waals surface area contributed by atoms with Crippen molar-refractivity contribution in [1.82, 2.24) is 0 Å². The Morgan fingerprint density at radius 1 is 1.80 bits per heavy atom. The van der Waals surface area contributed by atoms with Crippen LogP contribution in [0.1, 0.15) is 6.92 Å². The number of hydrogen-bond donors (Lipinski definition) is 1. The predicted molar refractivity (Wildman–Crippen MR) is 34.4 cm³/mol. The quantitative estimate of drug-likeness (QED) is 0.387. The third-order valence-electron chi connectivity index (χ3n) is 0.210. The maximum absolute atomic E-state index is 4.48. The molecule has 0 unspecified atom stereocenters. The number of hydrogen-bond acceptors (Lipinski definition) is 1. The van der Waals surface area contributed by atoms with Crippen LogP contribution in [-0.2, 0) is 0 Å². The molecule has 30 valence electrons. The minimum Gasteiger partial charge on any atom is -0.170 e. The Hall–Kier alpha value is 0.310. The summed E-state index contributed by atoms with van der Waals surface area (Å²) in [5.74, 6) is 0. The highest BCUT2D eigenvalue weighted by Gasteiger charge is 1.42. The van der Waals surface area contributed by atoms with Gasteiger partial charge >= 0.3 is 0 Å². The summed E-state index contributed by atoms with van der Waals surface area (Å²) >= 11 is 5.63. The van der Waals surface area contributed by atoms with Crippen molar-refractivity contribution in [2.45, 2.75) is 6.92 Å². The molecule has 0 bridgehead atoms. The van der Waals surface area contributed by atoms with Gasteiger partial charge in [-0.1, -0.05) is 17.6 Å². The van der Waals surface area contributed by atoms with E-state index in [9.17, 15) is 0 Å². The highest BCUT2D eigenvalue weighted by Crippen LogP contribution is 1.70. The van der Waals surface area contributed by atoms with E-state index in [1.807, 2.05) is 12.3 Å². The number of thiol groups is 1. The molecule has 0 radical (unpaired) electrons. The van der Waals surface area contributed by atoms with E-state index in [0.29, 0.717) is 0 Å². The van der Waals surface area contributed by atoms with E-state index in [0.717, 1.165) is 11.4 Å². The van der Waals surface area contributed by atoms with Gasteiger partial charge in [0.25, 0.3) is 0 Å². The first kappa shape index (κ1) is 5.31. The first-order chi connectivity index (χ1) is 2.41. The molecule has 0 spiro atoms. The smallest absolute Gasteiger partial charge is 0.0256 e. The van der Waals surface area contributed by atoms with Gasteiger partial charge in [0.2, 0.25) is 0 Å². The molecule has 2 heteroatoms. The average molecular weight is 106 g/mol. The van der Waals surface area contributed by atoms with E-state index in [-0.39, 0.29) is 0 Å². The Kier molecular flexibility index (Phi) is 4.58. The molecule has 0 fully saturated rings. The highest BCUT2D eigenvalue weighted by atomic mass is 32.2. The van der Waals surface area contributed by atoms with Crippen LogP contribution < -0.4 is 0 Å². The van der Waals surface area contributed by atoms with Gasteiger partial charge in [-0.15, -0.1) is 0 Å². The maximum atomic E-state index is 4.48. The van der Waals surface area contributed by atoms with Crippen LogP contribution in [0, 0.1) is 0 Å². The monoisotopic (exact) mass is 106 g/mol. The Morgan fingerprint density at radius 2 is 2.40 bits per heavy atom. The van der Waals surface area contributed by atoms with Crippen LogP contribution in [0.4, 0.5) is 0 Å². The molecular weight excluding hydrogens is 100 g/mol. The van der Waals surface area contributed by atoms with Crippen LogP contribution >= 0.6 is 23.6 Å². The predicted octanol–water partition coefficient (Wildman–Crippen LogP) is 1.23. The van der Waals surface area contributed by atoms with Crippen LogP contribution in [0.25, 0.3) is 0 Å². The lowest BCUT2D eigenvalue weighted by atomic mass is 11.0. The van der Waals surface area contributed by atoms with Gasteiger partial charge in [0.05, 0.1) is 0 Å². The van der Waals surface area contributed by atoms with E-state index in [1.54, 1.807) is 4.70 Å². The fraction of sp³-hybridized carbons (Fsp3) is 0.333. The van der Waals surface area contributed by atoms with Crippen molar-refractivity contribution in [3.05, 3.63) is 0 Å². The van der Waals surface area contributed by atoms with Gasteiger partial charge < -0.3 is 0 Å². The lowest BCUT2D eigenvalue weighted by Crippen LogP contribution is -1.43. The SMILES string of the molecule is CC=[SH]C=S. The molecule has 0 aliphatic heterocycles. The number of rotatable bonds is 1. The van der Waals surface area contributed by atoms with E-state index >= 15 is 0 Å². The van der Waals surface area contributed by atoms with Crippen molar-refractivity contribution >= 4 is 33.6 Å². The van der Waals surface area contributed by atoms with Gasteiger partial charge in [0.15, 0.2) is 0 Å². The third-order valence-corrected chi connectivity index (χ3v) is 0.995. The molecule has 0 heterocycles. The lowest BCUT2D eigenvalue weighted by molar-refractivity contribution is 2.14. The minimum atomic E-state index is 1.15. The Morgan fingerprint density at radius 3 is 2.40 bits per heavy atom. The van der Waals surface area contributed by atoms with E-state index in [1.165, 1.54) is 0 Å². The van der Waals surface area contributed by atoms with Gasteiger partial charge in [0.1, 0.15) is 0 Å². The first-order valence-electron chi connectivity index (χ1n) is 1.33. The standard InChI is InChI=1S/C3H6S2/c1-2-5-3-4/h2-3,5H,1H3. The van der Waals surface area contributed by atoms with Crippen LogP contribution in [0.15, 0.2) is 0 Å². The Balaban J connectivity index is 2.92. The molecule has 0 aliphatic carbocycles. The van der Waals surface area contributed by atoms with Gasteiger partial charge in [-0.05, 0) is 6.92 Å². The van der Waals surface area contributed by atoms with E-state index in [4.69, 9.17) is 0 Å². The molecule has 0 aromatic carbocycles. The molecule has 0 rings (SSSR count). The molecule has 0 nitrogen and oxygen atoms in total. The topological polar surface area (TPSA) is 0 Å². The van der Waals surface area contributed by atoms with Crippen molar-refractivity contribution in [3.8, 4) is 0 Å². The minimum absolute atomic E-state index is 1.15. The van der Waals surface area contributed by atoms with Crippen molar-refractivity contribution in [2.75, 3.05) is 0 Å². The summed E-state index contributed by atoms with van der Waals surface area (Å²) in [7, 11) is 0. The first-order valence-corrected chi connectivity index (χ1v) is 2.83. The van der Waals surface area contributed by atoms with Crippen molar-refractivity contribution in [3.63, 3.8) is 0 Å². The van der Waals surface area contributed by atoms with Crippen LogP contribution in [0.3, 0.4) is 0 Å². The fourth-order valence-corrected chi connectivity index (χ4v) is 0.548. The zero-order chi connectivity index (χ0) is 4.12. The Labute approximate surface area is 41.2 Å². The van der Waals surface area contributed by atoms with E-state index < -0.39 is 0 Å². The largest absolute Gasteiger partial charge is 0.170 e. The molecule has 0 N–H and O–H groups in total. The summed E-state index contributed by atoms with van der Waals surface area (Å²) in [5.41, 5.74) is 0. The van der Waals surface area contributed by atoms with Crippen molar-refractivity contribution in [1.29, 1.82) is 0 Å². The summed E-state index contributed by atoms with van der Waals surface area (Å²) in [6, 6.07) is 0. The summed E-state index contributed by atoms with van der Waals surface area (Å²) in [4.78, 5) is 0.